The number of hydrogen-bond donors (Lipinski definition) is 1. The second-order valence-electron chi connectivity index (χ2n) is 7.30. The molecule has 0 spiro atoms. The van der Waals surface area contributed by atoms with Gasteiger partial charge in [0.25, 0.3) is 10.0 Å². The summed E-state index contributed by atoms with van der Waals surface area (Å²) in [5, 5.41) is 2.79. The zero-order valence-electron chi connectivity index (χ0n) is 16.4. The Morgan fingerprint density at radius 1 is 1.00 bits per heavy atom. The van der Waals surface area contributed by atoms with Gasteiger partial charge in [0.1, 0.15) is 6.04 Å². The number of aryl methyl sites for hydroxylation is 4. The van der Waals surface area contributed by atoms with Crippen molar-refractivity contribution in [2.24, 2.45) is 0 Å². The van der Waals surface area contributed by atoms with Crippen LogP contribution >= 0.6 is 0 Å². The van der Waals surface area contributed by atoms with Crippen molar-refractivity contribution in [3.63, 3.8) is 0 Å². The maximum Gasteiger partial charge on any atom is 0.267 e. The van der Waals surface area contributed by atoms with E-state index < -0.39 is 27.9 Å². The van der Waals surface area contributed by atoms with Gasteiger partial charge in [0.05, 0.1) is 4.90 Å². The van der Waals surface area contributed by atoms with Gasteiger partial charge in [0, 0.05) is 12.1 Å². The van der Waals surface area contributed by atoms with Gasteiger partial charge in [-0.2, -0.15) is 0 Å². The third-order valence-corrected chi connectivity index (χ3v) is 6.97. The maximum absolute atomic E-state index is 13.1. The van der Waals surface area contributed by atoms with Crippen molar-refractivity contribution in [1.82, 2.24) is 4.31 Å². The lowest BCUT2D eigenvalue weighted by molar-refractivity contribution is -0.128. The lowest BCUT2D eigenvalue weighted by atomic mass is 10.1. The second kappa shape index (κ2) is 7.39. The molecule has 1 N–H and O–H groups in total. The summed E-state index contributed by atoms with van der Waals surface area (Å²) >= 11 is 0. The van der Waals surface area contributed by atoms with E-state index in [1.165, 1.54) is 12.1 Å². The summed E-state index contributed by atoms with van der Waals surface area (Å²) in [5.74, 6) is -1.05. The van der Waals surface area contributed by atoms with Gasteiger partial charge in [0.15, 0.2) is 0 Å². The fourth-order valence-electron chi connectivity index (χ4n) is 3.28. The number of anilines is 1. The summed E-state index contributed by atoms with van der Waals surface area (Å²) < 4.78 is 27.0. The molecule has 1 saturated heterocycles. The Hall–Kier alpha value is -2.67. The molecule has 0 radical (unpaired) electrons. The van der Waals surface area contributed by atoms with Crippen molar-refractivity contribution in [1.29, 1.82) is 0 Å². The van der Waals surface area contributed by atoms with E-state index in [2.05, 4.69) is 5.32 Å². The van der Waals surface area contributed by atoms with E-state index in [1.54, 1.807) is 6.07 Å². The number of carbonyl (C=O) groups excluding carboxylic acids is 2. The largest absolute Gasteiger partial charge is 0.324 e. The van der Waals surface area contributed by atoms with E-state index in [1.807, 2.05) is 45.9 Å². The number of rotatable bonds is 4. The van der Waals surface area contributed by atoms with E-state index >= 15 is 0 Å². The summed E-state index contributed by atoms with van der Waals surface area (Å²) in [6.07, 6.45) is 0.189. The third-order valence-electron chi connectivity index (χ3n) is 5.15. The smallest absolute Gasteiger partial charge is 0.267 e. The Morgan fingerprint density at radius 2 is 1.68 bits per heavy atom. The van der Waals surface area contributed by atoms with Gasteiger partial charge in [-0.1, -0.05) is 18.2 Å². The SMILES string of the molecule is Cc1ccc(C)c(NC(=O)[C@H]2CCC(=O)N2S(=O)(=O)c2ccc(C)c(C)c2)c1. The Bertz CT molecular complexity index is 1060. The summed E-state index contributed by atoms with van der Waals surface area (Å²) in [6.45, 7) is 7.46. The van der Waals surface area contributed by atoms with Gasteiger partial charge in [-0.25, -0.2) is 12.7 Å². The molecule has 3 rings (SSSR count). The standard InChI is InChI=1S/C21H24N2O4S/c1-13-5-6-15(3)18(11-13)22-21(25)19-9-10-20(24)23(19)28(26,27)17-8-7-14(2)16(4)12-17/h5-8,11-12,19H,9-10H2,1-4H3,(H,22,25)/t19-/m1/s1. The van der Waals surface area contributed by atoms with Crippen LogP contribution < -0.4 is 5.32 Å². The maximum atomic E-state index is 13.1. The minimum absolute atomic E-state index is 0.0228. The molecule has 148 valence electrons. The summed E-state index contributed by atoms with van der Waals surface area (Å²) in [7, 11) is -4.11. The first-order valence-corrected chi connectivity index (χ1v) is 10.6. The number of hydrogen-bond acceptors (Lipinski definition) is 4. The molecule has 0 aromatic heterocycles. The average molecular weight is 401 g/mol. The van der Waals surface area contributed by atoms with E-state index in [-0.39, 0.29) is 17.7 Å². The van der Waals surface area contributed by atoms with Crippen LogP contribution in [-0.2, 0) is 19.6 Å². The summed E-state index contributed by atoms with van der Waals surface area (Å²) in [4.78, 5) is 25.3. The van der Waals surface area contributed by atoms with E-state index in [4.69, 9.17) is 0 Å². The molecule has 0 saturated carbocycles. The Labute approximate surface area is 165 Å². The lowest BCUT2D eigenvalue weighted by Crippen LogP contribution is -2.45. The highest BCUT2D eigenvalue weighted by atomic mass is 32.2. The molecule has 1 heterocycles. The molecule has 1 aliphatic rings. The van der Waals surface area contributed by atoms with Crippen molar-refractivity contribution in [2.75, 3.05) is 5.32 Å². The average Bonchev–Trinajstić information content (AvgIpc) is 3.03. The Balaban J connectivity index is 1.93. The van der Waals surface area contributed by atoms with Crippen LogP contribution in [0, 0.1) is 27.7 Å². The quantitative estimate of drug-likeness (QED) is 0.854. The normalized spacial score (nSPS) is 17.1. The zero-order valence-corrected chi connectivity index (χ0v) is 17.3. The van der Waals surface area contributed by atoms with Gasteiger partial charge < -0.3 is 5.32 Å². The first kappa shape index (κ1) is 20.1. The second-order valence-corrected chi connectivity index (χ2v) is 9.12. The molecule has 1 atom stereocenters. The highest BCUT2D eigenvalue weighted by Gasteiger charge is 2.44. The summed E-state index contributed by atoms with van der Waals surface area (Å²) in [5.41, 5.74) is 4.22. The molecule has 2 aromatic rings. The fourth-order valence-corrected chi connectivity index (χ4v) is 4.96. The van der Waals surface area contributed by atoms with Crippen LogP contribution in [0.15, 0.2) is 41.3 Å². The predicted molar refractivity (Wildman–Crippen MR) is 108 cm³/mol. The van der Waals surface area contributed by atoms with Crippen LogP contribution in [0.5, 0.6) is 0 Å². The van der Waals surface area contributed by atoms with Crippen molar-refractivity contribution in [2.45, 2.75) is 51.5 Å². The molecular weight excluding hydrogens is 376 g/mol. The van der Waals surface area contributed by atoms with E-state index in [0.29, 0.717) is 5.69 Å². The first-order chi connectivity index (χ1) is 13.1. The molecule has 7 heteroatoms. The molecule has 1 fully saturated rings. The molecular formula is C21H24N2O4S. The van der Waals surface area contributed by atoms with Crippen LogP contribution in [-0.4, -0.2) is 30.6 Å². The minimum Gasteiger partial charge on any atom is -0.324 e. The van der Waals surface area contributed by atoms with Gasteiger partial charge in [-0.15, -0.1) is 0 Å². The van der Waals surface area contributed by atoms with Gasteiger partial charge in [0.2, 0.25) is 11.8 Å². The molecule has 2 amide bonds. The number of amides is 2. The van der Waals surface area contributed by atoms with E-state index in [0.717, 1.165) is 26.6 Å². The highest BCUT2D eigenvalue weighted by molar-refractivity contribution is 7.89. The first-order valence-electron chi connectivity index (χ1n) is 9.14. The topological polar surface area (TPSA) is 83.6 Å². The molecule has 2 aromatic carbocycles. The van der Waals surface area contributed by atoms with Crippen molar-refractivity contribution in [3.05, 3.63) is 58.7 Å². The van der Waals surface area contributed by atoms with Crippen LogP contribution in [0.3, 0.4) is 0 Å². The lowest BCUT2D eigenvalue weighted by Gasteiger charge is -2.24. The van der Waals surface area contributed by atoms with Crippen LogP contribution in [0.1, 0.15) is 35.1 Å². The Kier molecular flexibility index (Phi) is 5.30. The van der Waals surface area contributed by atoms with Crippen LogP contribution in [0.25, 0.3) is 0 Å². The molecule has 1 aliphatic heterocycles. The van der Waals surface area contributed by atoms with E-state index in [9.17, 15) is 18.0 Å². The molecule has 6 nitrogen and oxygen atoms in total. The molecule has 0 unspecified atom stereocenters. The van der Waals surface area contributed by atoms with Crippen LogP contribution in [0.4, 0.5) is 5.69 Å². The summed E-state index contributed by atoms with van der Waals surface area (Å²) in [6, 6.07) is 9.30. The Morgan fingerprint density at radius 3 is 2.36 bits per heavy atom. The number of carbonyl (C=O) groups is 2. The van der Waals surface area contributed by atoms with Crippen molar-refractivity contribution < 1.29 is 18.0 Å². The van der Waals surface area contributed by atoms with Gasteiger partial charge in [-0.05, 0) is 74.6 Å². The number of sulfonamides is 1. The fraction of sp³-hybridized carbons (Fsp3) is 0.333. The van der Waals surface area contributed by atoms with Crippen molar-refractivity contribution >= 4 is 27.5 Å². The monoisotopic (exact) mass is 400 g/mol. The van der Waals surface area contributed by atoms with Crippen molar-refractivity contribution in [3.8, 4) is 0 Å². The number of nitrogens with zero attached hydrogens (tertiary/aromatic N) is 1. The number of nitrogens with one attached hydrogen (secondary N) is 1. The molecule has 0 aliphatic carbocycles. The van der Waals surface area contributed by atoms with Gasteiger partial charge in [-0.3, -0.25) is 9.59 Å². The minimum atomic E-state index is -4.11. The molecule has 0 bridgehead atoms. The van der Waals surface area contributed by atoms with Gasteiger partial charge >= 0.3 is 0 Å². The predicted octanol–water partition coefficient (Wildman–Crippen LogP) is 3.24. The molecule has 28 heavy (non-hydrogen) atoms. The number of benzene rings is 2. The zero-order chi connectivity index (χ0) is 20.6. The third kappa shape index (κ3) is 3.67. The van der Waals surface area contributed by atoms with Crippen LogP contribution in [0.2, 0.25) is 0 Å². The highest BCUT2D eigenvalue weighted by Crippen LogP contribution is 2.29.